The van der Waals surface area contributed by atoms with Gasteiger partial charge < -0.3 is 9.83 Å². The third-order valence-electron chi connectivity index (χ3n) is 3.65. The lowest BCUT2D eigenvalue weighted by molar-refractivity contribution is 0.101. The molecular formula is C20H21N3O5S2. The van der Waals surface area contributed by atoms with Crippen molar-refractivity contribution in [1.29, 1.82) is 0 Å². The van der Waals surface area contributed by atoms with Crippen molar-refractivity contribution in [3.05, 3.63) is 56.4 Å². The molecule has 2 heterocycles. The molecule has 8 nitrogen and oxygen atoms in total. The number of carbonyl (C=O) groups excluding carboxylic acids is 2. The number of amides is 1. The molecule has 1 amide bonds. The van der Waals surface area contributed by atoms with Gasteiger partial charge in [0.25, 0.3) is 15.9 Å². The van der Waals surface area contributed by atoms with E-state index in [0.29, 0.717) is 17.4 Å². The smallest absolute Gasteiger partial charge is 0.267 e. The zero-order valence-electron chi connectivity index (χ0n) is 29.9. The van der Waals surface area contributed by atoms with Crippen LogP contribution in [0.3, 0.4) is 0 Å². The van der Waals surface area contributed by atoms with Crippen molar-refractivity contribution in [1.82, 2.24) is 5.16 Å². The normalized spacial score (nSPS) is 20.4. The highest BCUT2D eigenvalue weighted by molar-refractivity contribution is 7.93. The molecule has 30 heavy (non-hydrogen) atoms. The Morgan fingerprint density at radius 2 is 2.17 bits per heavy atom. The molecule has 0 spiro atoms. The molecule has 0 atom stereocenters. The minimum atomic E-state index is -5.22. The quantitative estimate of drug-likeness (QED) is 0.529. The van der Waals surface area contributed by atoms with E-state index in [1.54, 1.807) is 0 Å². The summed E-state index contributed by atoms with van der Waals surface area (Å²) in [7, 11) is -5.22. The molecule has 0 saturated carbocycles. The van der Waals surface area contributed by atoms with Crippen LogP contribution in [-0.2, 0) is 10.0 Å². The fourth-order valence-electron chi connectivity index (χ4n) is 2.25. The Morgan fingerprint density at radius 1 is 1.33 bits per heavy atom. The molecule has 158 valence electrons. The number of aryl methyl sites for hydroxylation is 2. The zero-order valence-corrected chi connectivity index (χ0v) is 16.6. The Bertz CT molecular complexity index is 1770. The van der Waals surface area contributed by atoms with Gasteiger partial charge in [-0.15, -0.1) is 11.3 Å². The van der Waals surface area contributed by atoms with Crippen molar-refractivity contribution in [3.63, 3.8) is 0 Å². The maximum Gasteiger partial charge on any atom is 0.267 e. The predicted octanol–water partition coefficient (Wildman–Crippen LogP) is 4.23. The van der Waals surface area contributed by atoms with Crippen LogP contribution in [0.15, 0.2) is 33.0 Å². The van der Waals surface area contributed by atoms with Crippen molar-refractivity contribution in [3.8, 4) is 0 Å². The molecule has 0 aliphatic carbocycles. The highest BCUT2D eigenvalue weighted by Crippen LogP contribution is 2.29. The minimum Gasteiger partial charge on any atom is -0.337 e. The van der Waals surface area contributed by atoms with E-state index in [4.69, 9.17) is 25.2 Å². The Hall–Kier alpha value is -2.98. The second kappa shape index (κ2) is 8.04. The van der Waals surface area contributed by atoms with Gasteiger partial charge in [0.2, 0.25) is 5.88 Å². The summed E-state index contributed by atoms with van der Waals surface area (Å²) in [6.45, 7) is -12.2. The molecule has 0 aliphatic heterocycles. The summed E-state index contributed by atoms with van der Waals surface area (Å²) in [5.41, 5.74) is -5.98. The van der Waals surface area contributed by atoms with E-state index < -0.39 is 98.8 Å². The third kappa shape index (κ3) is 4.14. The van der Waals surface area contributed by atoms with Crippen LogP contribution in [0.25, 0.3) is 0 Å². The first-order valence-corrected chi connectivity index (χ1v) is 10.1. The molecule has 3 aromatic rings. The second-order valence-corrected chi connectivity index (χ2v) is 8.18. The van der Waals surface area contributed by atoms with Gasteiger partial charge >= 0.3 is 0 Å². The van der Waals surface area contributed by atoms with Crippen molar-refractivity contribution >= 4 is 44.6 Å². The van der Waals surface area contributed by atoms with Crippen molar-refractivity contribution < 1.29 is 43.2 Å². The van der Waals surface area contributed by atoms with Gasteiger partial charge in [-0.1, -0.05) is 11.2 Å². The molecule has 1 aromatic carbocycles. The van der Waals surface area contributed by atoms with E-state index in [2.05, 4.69) is 5.16 Å². The summed E-state index contributed by atoms with van der Waals surface area (Å²) in [6.07, 6.45) is 0. The molecule has 10 heteroatoms. The van der Waals surface area contributed by atoms with Crippen LogP contribution in [0.2, 0.25) is 2.82 Å². The van der Waals surface area contributed by atoms with Gasteiger partial charge in [-0.2, -0.15) is 0 Å². The van der Waals surface area contributed by atoms with Crippen LogP contribution >= 0.6 is 11.3 Å². The fraction of sp³-hybridized carbons (Fsp3) is 0.250. The second-order valence-electron chi connectivity index (χ2n) is 5.69. The highest BCUT2D eigenvalue weighted by Gasteiger charge is 2.27. The molecular weight excluding hydrogens is 426 g/mol. The highest BCUT2D eigenvalue weighted by atomic mass is 32.2. The summed E-state index contributed by atoms with van der Waals surface area (Å²) in [6, 6.07) is -0.108. The fourth-order valence-corrected chi connectivity index (χ4v) is 4.47. The minimum absolute atomic E-state index is 0.272. The SMILES string of the molecule is [2H]c1c(C([2H])([2H])[2H])cc(C(=O)C([2H])([2H])[2H])c(N([2H])C(=O)c2sccc2S(=O)(=O)N([2H])c2onc(C)c2C([2H])([2H])[2H])c1C([2H])([2H])[2H]. The summed E-state index contributed by atoms with van der Waals surface area (Å²) in [5.74, 6) is -4.63. The number of thiophene rings is 1. The van der Waals surface area contributed by atoms with Gasteiger partial charge in [0, 0.05) is 27.6 Å². The number of aromatic nitrogens is 1. The molecule has 2 aromatic heterocycles. The van der Waals surface area contributed by atoms with E-state index in [9.17, 15) is 18.0 Å². The largest absolute Gasteiger partial charge is 0.337 e. The van der Waals surface area contributed by atoms with Crippen LogP contribution < -0.4 is 10.0 Å². The number of sulfonamides is 1. The van der Waals surface area contributed by atoms with Crippen LogP contribution in [0.4, 0.5) is 11.6 Å². The number of anilines is 2. The topological polar surface area (TPSA) is 118 Å². The first-order valence-electron chi connectivity index (χ1n) is 15.2. The summed E-state index contributed by atoms with van der Waals surface area (Å²) in [5, 5.41) is 4.03. The lowest BCUT2D eigenvalue weighted by Gasteiger charge is -2.14. The monoisotopic (exact) mass is 462 g/mol. The Morgan fingerprint density at radius 3 is 2.87 bits per heavy atom. The Kier molecular flexibility index (Phi) is 2.53. The number of Topliss-reactive ketones (excluding diaryl/α,β-unsaturated/α-hetero) is 1. The van der Waals surface area contributed by atoms with Gasteiger partial charge in [-0.25, -0.2) is 13.1 Å². The first kappa shape index (κ1) is 9.44. The van der Waals surface area contributed by atoms with E-state index in [-0.39, 0.29) is 15.7 Å². The number of nitrogens with one attached hydrogen (secondary N) is 2. The number of hydrogen-bond donors (Lipinski definition) is 2. The summed E-state index contributed by atoms with van der Waals surface area (Å²) >= 11 is 0.349. The Labute approximate surface area is 199 Å². The molecule has 0 bridgehead atoms. The van der Waals surface area contributed by atoms with Crippen molar-refractivity contribution in [2.24, 2.45) is 0 Å². The van der Waals surface area contributed by atoms with Gasteiger partial charge in [0.15, 0.2) is 8.61 Å². The standard InChI is InChI=1S/C20H21N3O5S2/c1-10-8-11(2)17(15(9-10)14(5)24)21-19(25)18-16(6-7-29-18)30(26,27)23-20-12(3)13(4)22-28-20/h6-9,23H,1-5H3,(H,21,25)/i1D3,2D3,3D3,5D3,8D/hD2. The average Bonchev–Trinajstić information content (AvgIpc) is 3.51. The first-order chi connectivity index (χ1) is 20.1. The number of hydrogen-bond acceptors (Lipinski definition) is 7. The molecule has 0 aliphatic rings. The van der Waals surface area contributed by atoms with Crippen LogP contribution in [0.1, 0.15) is 67.1 Å². The van der Waals surface area contributed by atoms with Gasteiger partial charge in [-0.05, 0) is 63.0 Å². The number of carbonyl (C=O) groups is 2. The van der Waals surface area contributed by atoms with Gasteiger partial charge in [-0.3, -0.25) is 9.59 Å². The van der Waals surface area contributed by atoms with E-state index in [0.717, 1.165) is 11.4 Å². The Balaban J connectivity index is 2.30. The summed E-state index contributed by atoms with van der Waals surface area (Å²) < 4.78 is 148. The van der Waals surface area contributed by atoms with Gasteiger partial charge in [0.1, 0.15) is 9.77 Å². The van der Waals surface area contributed by atoms with Gasteiger partial charge in [0.05, 0.1) is 12.8 Å². The van der Waals surface area contributed by atoms with Crippen LogP contribution in [-0.4, -0.2) is 25.3 Å². The van der Waals surface area contributed by atoms with Crippen LogP contribution in [0, 0.1) is 27.5 Å². The maximum atomic E-state index is 13.6. The molecule has 0 unspecified atom stereocenters. The molecule has 3 rings (SSSR count). The predicted molar refractivity (Wildman–Crippen MR) is 115 cm³/mol. The lowest BCUT2D eigenvalue weighted by Crippen LogP contribution is -2.20. The van der Waals surface area contributed by atoms with E-state index >= 15 is 0 Å². The average molecular weight is 463 g/mol. The zero-order chi connectivity index (χ0) is 34.8. The lowest BCUT2D eigenvalue weighted by atomic mass is 10.0. The van der Waals surface area contributed by atoms with Crippen molar-refractivity contribution in [2.75, 3.05) is 10.0 Å². The van der Waals surface area contributed by atoms with Crippen molar-refractivity contribution in [2.45, 2.75) is 39.2 Å². The maximum absolute atomic E-state index is 13.6. The molecule has 0 fully saturated rings. The molecule has 0 radical (unpaired) electrons. The number of nitrogens with zero attached hydrogens (tertiary/aromatic N) is 1. The number of ketones is 1. The molecule has 0 saturated heterocycles. The molecule has 2 N–H and O–H groups in total. The third-order valence-corrected chi connectivity index (χ3v) is 5.98. The van der Waals surface area contributed by atoms with Crippen LogP contribution in [0.5, 0.6) is 0 Å². The number of rotatable bonds is 6. The summed E-state index contributed by atoms with van der Waals surface area (Å²) in [4.78, 5) is 24.7. The van der Waals surface area contributed by atoms with E-state index in [1.165, 1.54) is 6.92 Å². The number of benzene rings is 1. The van der Waals surface area contributed by atoms with E-state index in [1.807, 2.05) is 0 Å².